The van der Waals surface area contributed by atoms with Gasteiger partial charge in [0.25, 0.3) is 0 Å². The van der Waals surface area contributed by atoms with E-state index in [0.717, 1.165) is 38.1 Å². The summed E-state index contributed by atoms with van der Waals surface area (Å²) in [5.74, 6) is -4.10. The molecule has 0 bridgehead atoms. The van der Waals surface area contributed by atoms with E-state index < -0.39 is 35.0 Å². The third-order valence-corrected chi connectivity index (χ3v) is 14.2. The van der Waals surface area contributed by atoms with Gasteiger partial charge in [-0.2, -0.15) is 5.10 Å². The summed E-state index contributed by atoms with van der Waals surface area (Å²) < 4.78 is 7.98. The van der Waals surface area contributed by atoms with Crippen LogP contribution >= 0.6 is 22.9 Å². The maximum absolute atomic E-state index is 15.1. The number of nitrogens with zero attached hydrogens (tertiary/aromatic N) is 4. The third-order valence-electron chi connectivity index (χ3n) is 12.6. The number of hydrogen-bond acceptors (Lipinski definition) is 8. The molecular formula is C43H39ClN4O6S. The molecule has 280 valence electrons. The number of methoxy groups -OCH3 is 1. The molecule has 2 aromatic heterocycles. The first kappa shape index (κ1) is 35.4. The number of imide groups is 2. The Morgan fingerprint density at radius 1 is 0.964 bits per heavy atom. The molecule has 6 atom stereocenters. The number of anilines is 2. The zero-order chi connectivity index (χ0) is 38.7. The predicted octanol–water partition coefficient (Wildman–Crippen LogP) is 7.98. The van der Waals surface area contributed by atoms with Gasteiger partial charge in [0, 0.05) is 28.8 Å². The monoisotopic (exact) mass is 774 g/mol. The van der Waals surface area contributed by atoms with Gasteiger partial charge in [-0.05, 0) is 104 Å². The zero-order valence-electron chi connectivity index (χ0n) is 31.0. The molecule has 1 saturated carbocycles. The molecular weight excluding hydrogens is 736 g/mol. The summed E-state index contributed by atoms with van der Waals surface area (Å²) in [6.45, 7) is 5.88. The highest BCUT2D eigenvalue weighted by molar-refractivity contribution is 7.22. The minimum atomic E-state index is -1.29. The van der Waals surface area contributed by atoms with E-state index in [1.54, 1.807) is 41.3 Å². The summed E-state index contributed by atoms with van der Waals surface area (Å²) in [7, 11) is 3.19. The maximum atomic E-state index is 15.1. The highest BCUT2D eigenvalue weighted by atomic mass is 35.5. The molecule has 10 nitrogen and oxygen atoms in total. The Morgan fingerprint density at radius 3 is 2.44 bits per heavy atom. The molecule has 2 aliphatic carbocycles. The number of rotatable bonds is 6. The van der Waals surface area contributed by atoms with Crippen LogP contribution in [0.1, 0.15) is 49.3 Å². The van der Waals surface area contributed by atoms with Crippen LogP contribution in [0.4, 0.5) is 11.5 Å². The fourth-order valence-electron chi connectivity index (χ4n) is 9.85. The van der Waals surface area contributed by atoms with Crippen molar-refractivity contribution in [2.45, 2.75) is 46.0 Å². The van der Waals surface area contributed by atoms with Gasteiger partial charge in [-0.25, -0.2) is 4.90 Å². The maximum Gasteiger partial charge on any atom is 0.242 e. The number of phenolic OH excluding ortho intramolecular Hbond substituents is 1. The number of thiophene rings is 1. The summed E-state index contributed by atoms with van der Waals surface area (Å²) in [4.78, 5) is 62.0. The van der Waals surface area contributed by atoms with Gasteiger partial charge in [-0.3, -0.25) is 28.8 Å². The number of ether oxygens (including phenoxy) is 1. The Labute approximate surface area is 326 Å². The predicted molar refractivity (Wildman–Crippen MR) is 211 cm³/mol. The van der Waals surface area contributed by atoms with E-state index in [2.05, 4.69) is 0 Å². The molecule has 0 unspecified atom stereocenters. The van der Waals surface area contributed by atoms with E-state index in [1.807, 2.05) is 75.4 Å². The van der Waals surface area contributed by atoms with Gasteiger partial charge in [-0.15, -0.1) is 11.3 Å². The van der Waals surface area contributed by atoms with Crippen LogP contribution in [0.2, 0.25) is 5.02 Å². The fraction of sp³-hybridized carbons (Fsp3) is 0.326. The molecule has 4 amide bonds. The molecule has 4 aliphatic rings. The number of carbonyl (C=O) groups is 4. The van der Waals surface area contributed by atoms with Crippen molar-refractivity contribution < 1.29 is 29.0 Å². The average molecular weight is 775 g/mol. The lowest BCUT2D eigenvalue weighted by Crippen LogP contribution is -2.48. The van der Waals surface area contributed by atoms with Crippen LogP contribution in [-0.2, 0) is 32.6 Å². The summed E-state index contributed by atoms with van der Waals surface area (Å²) >= 11 is 7.89. The van der Waals surface area contributed by atoms with Crippen LogP contribution in [0.5, 0.6) is 11.5 Å². The van der Waals surface area contributed by atoms with E-state index >= 15 is 4.79 Å². The summed E-state index contributed by atoms with van der Waals surface area (Å²) in [6.07, 6.45) is 3.37. The second-order valence-corrected chi connectivity index (χ2v) is 16.8. The van der Waals surface area contributed by atoms with Gasteiger partial charge in [0.1, 0.15) is 11.5 Å². The molecule has 4 heterocycles. The van der Waals surface area contributed by atoms with Crippen molar-refractivity contribution in [1.29, 1.82) is 0 Å². The number of aryl methyl sites for hydroxylation is 3. The van der Waals surface area contributed by atoms with Crippen LogP contribution in [0.25, 0.3) is 20.7 Å². The van der Waals surface area contributed by atoms with Gasteiger partial charge in [0.05, 0.1) is 40.8 Å². The average Bonchev–Trinajstić information content (AvgIpc) is 3.84. The first-order valence-electron chi connectivity index (χ1n) is 18.5. The highest BCUT2D eigenvalue weighted by Crippen LogP contribution is 2.64. The van der Waals surface area contributed by atoms with E-state index in [4.69, 9.17) is 21.4 Å². The van der Waals surface area contributed by atoms with Crippen molar-refractivity contribution >= 4 is 68.2 Å². The highest BCUT2D eigenvalue weighted by Gasteiger charge is 2.68. The standard InChI is InChI=1S/C43H39ClN4O6S/c1-6-22-7-11-25(12-8-22)47-39(50)27-14-13-26-29(36(27)41(47)52)19-30-40(51)48(42(53)43(30,3)37(26)23-9-15-33(54-5)32(49)17-23)35-20-31(45-46(35)4)38-21(2)28-18-24(44)10-16-34(28)55-38/h7-13,15-18,20,27,29-30,36-37,49H,6,14,19H2,1-5H3/t27-,29+,30-,36-,37-,43+/m0/s1. The Morgan fingerprint density at radius 2 is 1.73 bits per heavy atom. The molecule has 3 aromatic carbocycles. The lowest BCUT2D eigenvalue weighted by atomic mass is 9.51. The van der Waals surface area contributed by atoms with Crippen LogP contribution in [0.15, 0.2) is 78.4 Å². The van der Waals surface area contributed by atoms with Crippen molar-refractivity contribution in [3.05, 3.63) is 100 Å². The molecule has 55 heavy (non-hydrogen) atoms. The van der Waals surface area contributed by atoms with Crippen LogP contribution < -0.4 is 14.5 Å². The smallest absolute Gasteiger partial charge is 0.242 e. The molecule has 2 aliphatic heterocycles. The second kappa shape index (κ2) is 12.6. The number of phenols is 1. The van der Waals surface area contributed by atoms with E-state index in [-0.39, 0.29) is 41.5 Å². The fourth-order valence-corrected chi connectivity index (χ4v) is 11.2. The molecule has 9 rings (SSSR count). The number of allylic oxidation sites excluding steroid dienone is 2. The van der Waals surface area contributed by atoms with Crippen LogP contribution in [0.3, 0.4) is 0 Å². The number of aromatic hydroxyl groups is 1. The second-order valence-electron chi connectivity index (χ2n) is 15.3. The molecule has 12 heteroatoms. The number of carbonyl (C=O) groups excluding carboxylic acids is 4. The number of amides is 4. The van der Waals surface area contributed by atoms with Gasteiger partial charge >= 0.3 is 0 Å². The third kappa shape index (κ3) is 5.01. The van der Waals surface area contributed by atoms with Crippen LogP contribution in [-0.4, -0.2) is 45.6 Å². The number of fused-ring (bicyclic) bond motifs is 5. The van der Waals surface area contributed by atoms with Gasteiger partial charge in [0.2, 0.25) is 23.6 Å². The van der Waals surface area contributed by atoms with Crippen molar-refractivity contribution in [2.24, 2.45) is 36.1 Å². The zero-order valence-corrected chi connectivity index (χ0v) is 32.6. The Hall–Kier alpha value is -5.26. The van der Waals surface area contributed by atoms with Crippen molar-refractivity contribution in [1.82, 2.24) is 9.78 Å². The minimum Gasteiger partial charge on any atom is -0.504 e. The molecule has 5 aromatic rings. The van der Waals surface area contributed by atoms with E-state index in [1.165, 1.54) is 16.9 Å². The molecule has 0 spiro atoms. The number of aromatic nitrogens is 2. The molecule has 2 saturated heterocycles. The van der Waals surface area contributed by atoms with Crippen LogP contribution in [0, 0.1) is 36.0 Å². The largest absolute Gasteiger partial charge is 0.504 e. The molecule has 1 N–H and O–H groups in total. The summed E-state index contributed by atoms with van der Waals surface area (Å²) in [5.41, 5.74) is 3.43. The first-order chi connectivity index (χ1) is 26.4. The van der Waals surface area contributed by atoms with Crippen molar-refractivity contribution in [3.8, 4) is 22.1 Å². The SMILES string of the molecule is CCc1ccc(N2C(=O)[C@H]3[C@H](CC=C4[C@H]3C[C@H]3C(=O)N(c5cc(-c6sc7ccc(Cl)cc7c6C)nn5C)C(=O)[C@@]3(C)[C@H]4c3ccc(OC)c(O)c3)C2=O)cc1. The van der Waals surface area contributed by atoms with Gasteiger partial charge in [-0.1, -0.05) is 48.4 Å². The quantitative estimate of drug-likeness (QED) is 0.137. The Bertz CT molecular complexity index is 2520. The van der Waals surface area contributed by atoms with E-state index in [0.29, 0.717) is 34.2 Å². The number of halogens is 1. The van der Waals surface area contributed by atoms with Crippen molar-refractivity contribution in [3.63, 3.8) is 0 Å². The Balaban J connectivity index is 1.15. The van der Waals surface area contributed by atoms with E-state index in [9.17, 15) is 19.5 Å². The summed E-state index contributed by atoms with van der Waals surface area (Å²) in [5, 5.41) is 17.5. The van der Waals surface area contributed by atoms with Gasteiger partial charge < -0.3 is 9.84 Å². The summed E-state index contributed by atoms with van der Waals surface area (Å²) in [6, 6.07) is 20.1. The van der Waals surface area contributed by atoms with Crippen molar-refractivity contribution in [2.75, 3.05) is 16.9 Å². The lowest BCUT2D eigenvalue weighted by molar-refractivity contribution is -0.131. The first-order valence-corrected chi connectivity index (χ1v) is 19.7. The lowest BCUT2D eigenvalue weighted by Gasteiger charge is -2.49. The molecule has 3 fully saturated rings. The molecule has 0 radical (unpaired) electrons. The van der Waals surface area contributed by atoms with Gasteiger partial charge in [0.15, 0.2) is 11.5 Å². The normalized spacial score (nSPS) is 26.1. The Kier molecular flexibility index (Phi) is 8.15. The number of hydrogen-bond donors (Lipinski definition) is 1. The topological polar surface area (TPSA) is 122 Å². The minimum absolute atomic E-state index is 0.102. The number of benzene rings is 3.